The van der Waals surface area contributed by atoms with Crippen LogP contribution in [0, 0.1) is 6.92 Å². The number of amides is 1. The number of nitrogens with zero attached hydrogens (tertiary/aromatic N) is 2. The average Bonchev–Trinajstić information content (AvgIpc) is 2.88. The quantitative estimate of drug-likeness (QED) is 0.799. The van der Waals surface area contributed by atoms with Gasteiger partial charge in [0.25, 0.3) is 0 Å². The summed E-state index contributed by atoms with van der Waals surface area (Å²) in [5, 5.41) is 6.46. The Bertz CT molecular complexity index is 694. The molecule has 1 aromatic carbocycles. The molecule has 2 rings (SSSR count). The van der Waals surface area contributed by atoms with Crippen molar-refractivity contribution in [3.63, 3.8) is 0 Å². The standard InChI is InChI=1S/C15H17F3N4O/c1-10-4-2-3-5-12(10)22-9-11(8-20-7-6-13(19)23)14(21-22)15(16,17)18/h2-5,9,20H,6-8H2,1H3,(H2,19,23). The van der Waals surface area contributed by atoms with Crippen LogP contribution in [-0.4, -0.2) is 22.2 Å². The monoisotopic (exact) mass is 326 g/mol. The van der Waals surface area contributed by atoms with Crippen molar-refractivity contribution in [3.05, 3.63) is 47.3 Å². The highest BCUT2D eigenvalue weighted by molar-refractivity contribution is 5.73. The first-order valence-electron chi connectivity index (χ1n) is 7.00. The van der Waals surface area contributed by atoms with Crippen LogP contribution in [0.5, 0.6) is 0 Å². The first-order chi connectivity index (χ1) is 10.8. The first kappa shape index (κ1) is 17.0. The molecule has 0 spiro atoms. The van der Waals surface area contributed by atoms with Gasteiger partial charge in [0.2, 0.25) is 5.91 Å². The maximum atomic E-state index is 13.1. The lowest BCUT2D eigenvalue weighted by atomic mass is 10.2. The van der Waals surface area contributed by atoms with Gasteiger partial charge in [-0.15, -0.1) is 0 Å². The number of hydrogen-bond acceptors (Lipinski definition) is 3. The highest BCUT2D eigenvalue weighted by atomic mass is 19.4. The molecule has 124 valence electrons. The number of carbonyl (C=O) groups is 1. The van der Waals surface area contributed by atoms with Gasteiger partial charge in [0, 0.05) is 31.3 Å². The van der Waals surface area contributed by atoms with Crippen LogP contribution in [0.2, 0.25) is 0 Å². The third-order valence-electron chi connectivity index (χ3n) is 3.28. The summed E-state index contributed by atoms with van der Waals surface area (Å²) in [4.78, 5) is 10.6. The Kier molecular flexibility index (Phi) is 5.05. The van der Waals surface area contributed by atoms with Gasteiger partial charge < -0.3 is 11.1 Å². The van der Waals surface area contributed by atoms with E-state index in [0.717, 1.165) is 5.56 Å². The SMILES string of the molecule is Cc1ccccc1-n1cc(CNCCC(N)=O)c(C(F)(F)F)n1. The van der Waals surface area contributed by atoms with Crippen LogP contribution >= 0.6 is 0 Å². The van der Waals surface area contributed by atoms with Crippen molar-refractivity contribution in [2.24, 2.45) is 5.73 Å². The van der Waals surface area contributed by atoms with E-state index in [9.17, 15) is 18.0 Å². The second-order valence-corrected chi connectivity index (χ2v) is 5.12. The van der Waals surface area contributed by atoms with Crippen molar-refractivity contribution in [1.29, 1.82) is 0 Å². The number of hydrogen-bond donors (Lipinski definition) is 2. The lowest BCUT2D eigenvalue weighted by Gasteiger charge is -2.06. The number of nitrogens with one attached hydrogen (secondary N) is 1. The van der Waals surface area contributed by atoms with Crippen molar-refractivity contribution in [1.82, 2.24) is 15.1 Å². The molecule has 0 atom stereocenters. The molecule has 0 aliphatic rings. The summed E-state index contributed by atoms with van der Waals surface area (Å²) in [6.07, 6.45) is -3.13. The summed E-state index contributed by atoms with van der Waals surface area (Å²) in [6, 6.07) is 7.04. The minimum atomic E-state index is -4.55. The van der Waals surface area contributed by atoms with E-state index in [2.05, 4.69) is 10.4 Å². The Morgan fingerprint density at radius 3 is 2.65 bits per heavy atom. The van der Waals surface area contributed by atoms with Gasteiger partial charge in [-0.05, 0) is 18.6 Å². The minimum Gasteiger partial charge on any atom is -0.370 e. The summed E-state index contributed by atoms with van der Waals surface area (Å²) in [5.74, 6) is -0.510. The molecule has 0 saturated carbocycles. The topological polar surface area (TPSA) is 72.9 Å². The van der Waals surface area contributed by atoms with E-state index in [1.54, 1.807) is 31.2 Å². The maximum absolute atomic E-state index is 13.1. The molecule has 0 unspecified atom stereocenters. The van der Waals surface area contributed by atoms with E-state index in [4.69, 9.17) is 5.73 Å². The van der Waals surface area contributed by atoms with Gasteiger partial charge in [0.1, 0.15) is 0 Å². The molecule has 1 amide bonds. The number of rotatable bonds is 6. The Hall–Kier alpha value is -2.35. The fourth-order valence-corrected chi connectivity index (χ4v) is 2.16. The number of primary amides is 1. The van der Waals surface area contributed by atoms with Gasteiger partial charge in [0.15, 0.2) is 5.69 Å². The van der Waals surface area contributed by atoms with Crippen molar-refractivity contribution in [2.45, 2.75) is 26.1 Å². The largest absolute Gasteiger partial charge is 0.435 e. The van der Waals surface area contributed by atoms with Crippen molar-refractivity contribution >= 4 is 5.91 Å². The number of para-hydroxylation sites is 1. The zero-order valence-corrected chi connectivity index (χ0v) is 12.5. The van der Waals surface area contributed by atoms with Crippen LogP contribution in [0.4, 0.5) is 13.2 Å². The Balaban J connectivity index is 2.26. The molecule has 0 bridgehead atoms. The number of carbonyl (C=O) groups excluding carboxylic acids is 1. The first-order valence-corrected chi connectivity index (χ1v) is 7.00. The zero-order chi connectivity index (χ0) is 17.0. The van der Waals surface area contributed by atoms with Crippen LogP contribution in [0.3, 0.4) is 0 Å². The molecule has 2 aromatic rings. The van der Waals surface area contributed by atoms with Crippen LogP contribution in [-0.2, 0) is 17.5 Å². The number of alkyl halides is 3. The fourth-order valence-electron chi connectivity index (χ4n) is 2.16. The van der Waals surface area contributed by atoms with Crippen LogP contribution in [0.1, 0.15) is 23.2 Å². The van der Waals surface area contributed by atoms with Crippen LogP contribution < -0.4 is 11.1 Å². The Morgan fingerprint density at radius 1 is 1.35 bits per heavy atom. The smallest absolute Gasteiger partial charge is 0.370 e. The summed E-state index contributed by atoms with van der Waals surface area (Å²) in [6.45, 7) is 1.96. The molecule has 3 N–H and O–H groups in total. The van der Waals surface area contributed by atoms with Gasteiger partial charge in [-0.3, -0.25) is 4.79 Å². The minimum absolute atomic E-state index is 0.0187. The second kappa shape index (κ2) is 6.82. The molecule has 0 aliphatic carbocycles. The summed E-state index contributed by atoms with van der Waals surface area (Å²) >= 11 is 0. The number of aryl methyl sites for hydroxylation is 1. The maximum Gasteiger partial charge on any atom is 0.435 e. The van der Waals surface area contributed by atoms with E-state index in [0.29, 0.717) is 5.69 Å². The molecule has 0 saturated heterocycles. The molecule has 8 heteroatoms. The Morgan fingerprint density at radius 2 is 2.04 bits per heavy atom. The normalized spacial score (nSPS) is 11.7. The molecule has 1 aromatic heterocycles. The third kappa shape index (κ3) is 4.32. The number of benzene rings is 1. The molecule has 0 aliphatic heterocycles. The van der Waals surface area contributed by atoms with E-state index in [1.165, 1.54) is 10.9 Å². The van der Waals surface area contributed by atoms with Gasteiger partial charge in [0.05, 0.1) is 5.69 Å². The second-order valence-electron chi connectivity index (χ2n) is 5.12. The molecular weight excluding hydrogens is 309 g/mol. The molecule has 0 radical (unpaired) electrons. The molecule has 1 heterocycles. The lowest BCUT2D eigenvalue weighted by Crippen LogP contribution is -2.22. The van der Waals surface area contributed by atoms with Crippen LogP contribution in [0.15, 0.2) is 30.5 Å². The zero-order valence-electron chi connectivity index (χ0n) is 12.5. The number of nitrogens with two attached hydrogens (primary N) is 1. The fraction of sp³-hybridized carbons (Fsp3) is 0.333. The van der Waals surface area contributed by atoms with Crippen molar-refractivity contribution < 1.29 is 18.0 Å². The highest BCUT2D eigenvalue weighted by Crippen LogP contribution is 2.31. The van der Waals surface area contributed by atoms with Gasteiger partial charge in [-0.1, -0.05) is 18.2 Å². The van der Waals surface area contributed by atoms with Gasteiger partial charge in [-0.2, -0.15) is 18.3 Å². The predicted octanol–water partition coefficient (Wildman–Crippen LogP) is 2.16. The summed E-state index contributed by atoms with van der Waals surface area (Å²) in [7, 11) is 0. The summed E-state index contributed by atoms with van der Waals surface area (Å²) in [5.41, 5.74) is 5.47. The Labute approximate surface area is 131 Å². The van der Waals surface area contributed by atoms with Crippen molar-refractivity contribution in [3.8, 4) is 5.69 Å². The molecule has 5 nitrogen and oxygen atoms in total. The lowest BCUT2D eigenvalue weighted by molar-refractivity contribution is -0.142. The predicted molar refractivity (Wildman–Crippen MR) is 78.8 cm³/mol. The van der Waals surface area contributed by atoms with E-state index in [-0.39, 0.29) is 25.1 Å². The third-order valence-corrected chi connectivity index (χ3v) is 3.28. The summed E-state index contributed by atoms with van der Waals surface area (Å²) < 4.78 is 40.6. The number of aromatic nitrogens is 2. The van der Waals surface area contributed by atoms with Gasteiger partial charge >= 0.3 is 6.18 Å². The van der Waals surface area contributed by atoms with Crippen molar-refractivity contribution in [2.75, 3.05) is 6.54 Å². The number of halogens is 3. The highest BCUT2D eigenvalue weighted by Gasteiger charge is 2.37. The average molecular weight is 326 g/mol. The molecule has 23 heavy (non-hydrogen) atoms. The molecule has 0 fully saturated rings. The van der Waals surface area contributed by atoms with E-state index >= 15 is 0 Å². The van der Waals surface area contributed by atoms with Crippen LogP contribution in [0.25, 0.3) is 5.69 Å². The molecular formula is C15H17F3N4O. The van der Waals surface area contributed by atoms with Gasteiger partial charge in [-0.25, -0.2) is 4.68 Å². The van der Waals surface area contributed by atoms with E-state index < -0.39 is 17.8 Å². The van der Waals surface area contributed by atoms with E-state index in [1.807, 2.05) is 0 Å².